The Morgan fingerprint density at radius 2 is 1.78 bits per heavy atom. The minimum atomic E-state index is -2.89. The lowest BCUT2D eigenvalue weighted by molar-refractivity contribution is 0.296. The molecule has 6 nitrogen and oxygen atoms in total. The Balaban J connectivity index is 0.00000364. The highest BCUT2D eigenvalue weighted by molar-refractivity contribution is 14.0. The van der Waals surface area contributed by atoms with Gasteiger partial charge in [0.2, 0.25) is 0 Å². The minimum Gasteiger partial charge on any atom is -0.357 e. The van der Waals surface area contributed by atoms with Crippen LogP contribution >= 0.6 is 24.0 Å². The summed E-state index contributed by atoms with van der Waals surface area (Å²) in [6.45, 7) is 10.7. The van der Waals surface area contributed by atoms with Crippen LogP contribution in [0.25, 0.3) is 0 Å². The van der Waals surface area contributed by atoms with Gasteiger partial charge in [0.1, 0.15) is 0 Å². The van der Waals surface area contributed by atoms with Gasteiger partial charge in [0.05, 0.1) is 18.1 Å². The molecule has 2 N–H and O–H groups in total. The van der Waals surface area contributed by atoms with Crippen LogP contribution < -0.4 is 10.6 Å². The van der Waals surface area contributed by atoms with E-state index in [9.17, 15) is 8.42 Å². The molecule has 0 amide bonds. The lowest BCUT2D eigenvalue weighted by Crippen LogP contribution is -2.44. The third-order valence-corrected chi connectivity index (χ3v) is 6.43. The van der Waals surface area contributed by atoms with Gasteiger partial charge < -0.3 is 10.6 Å². The zero-order valence-electron chi connectivity index (χ0n) is 16.6. The van der Waals surface area contributed by atoms with Crippen LogP contribution in [0.3, 0.4) is 0 Å². The van der Waals surface area contributed by atoms with E-state index in [0.717, 1.165) is 31.7 Å². The van der Waals surface area contributed by atoms with Crippen LogP contribution in [0.4, 0.5) is 0 Å². The van der Waals surface area contributed by atoms with Crippen molar-refractivity contribution >= 4 is 39.8 Å². The predicted octanol–water partition coefficient (Wildman–Crippen LogP) is 2.39. The summed E-state index contributed by atoms with van der Waals surface area (Å²) in [7, 11) is -2.89. The molecule has 1 unspecified atom stereocenters. The second-order valence-electron chi connectivity index (χ2n) is 6.72. The zero-order valence-corrected chi connectivity index (χ0v) is 19.7. The van der Waals surface area contributed by atoms with Crippen molar-refractivity contribution in [1.29, 1.82) is 0 Å². The van der Waals surface area contributed by atoms with E-state index in [1.807, 2.05) is 6.92 Å². The molecule has 1 aromatic carbocycles. The maximum absolute atomic E-state index is 11.6. The highest BCUT2D eigenvalue weighted by Crippen LogP contribution is 2.12. The number of hydrogen-bond acceptors (Lipinski definition) is 4. The molecule has 0 spiro atoms. The molecular formula is C19H33IN4O2S. The average molecular weight is 508 g/mol. The fourth-order valence-electron chi connectivity index (χ4n) is 3.05. The standard InChI is InChI=1S/C19H32N4O2S.HI/c1-4-20-19(22-18-11-12-26(24,25)15-18)21-13-16-7-9-17(10-8-16)14-23(5-2)6-3;/h7-10,18H,4-6,11-15H2,1-3H3,(H2,20,21,22);1H. The van der Waals surface area contributed by atoms with Crippen molar-refractivity contribution in [3.63, 3.8) is 0 Å². The summed E-state index contributed by atoms with van der Waals surface area (Å²) in [6, 6.07) is 8.51. The van der Waals surface area contributed by atoms with E-state index in [1.165, 1.54) is 5.56 Å². The molecule has 1 aromatic rings. The van der Waals surface area contributed by atoms with E-state index in [0.29, 0.717) is 18.9 Å². The quantitative estimate of drug-likeness (QED) is 0.321. The Morgan fingerprint density at radius 1 is 1.15 bits per heavy atom. The number of guanidine groups is 1. The van der Waals surface area contributed by atoms with Gasteiger partial charge in [-0.1, -0.05) is 38.1 Å². The number of rotatable bonds is 8. The van der Waals surface area contributed by atoms with Crippen molar-refractivity contribution in [3.8, 4) is 0 Å². The first kappa shape index (κ1) is 24.2. The van der Waals surface area contributed by atoms with Gasteiger partial charge >= 0.3 is 0 Å². The molecule has 0 saturated carbocycles. The zero-order chi connectivity index (χ0) is 19.0. The van der Waals surface area contributed by atoms with E-state index < -0.39 is 9.84 Å². The molecule has 1 aliphatic rings. The highest BCUT2D eigenvalue weighted by atomic mass is 127. The molecule has 0 bridgehead atoms. The molecule has 1 saturated heterocycles. The van der Waals surface area contributed by atoms with Crippen LogP contribution in [0.5, 0.6) is 0 Å². The fraction of sp³-hybridized carbons (Fsp3) is 0.632. The monoisotopic (exact) mass is 508 g/mol. The summed E-state index contributed by atoms with van der Waals surface area (Å²) in [4.78, 5) is 6.99. The Bertz CT molecular complexity index is 688. The molecular weight excluding hydrogens is 475 g/mol. The van der Waals surface area contributed by atoms with Crippen LogP contribution in [0, 0.1) is 0 Å². The van der Waals surface area contributed by atoms with E-state index in [2.05, 4.69) is 58.6 Å². The van der Waals surface area contributed by atoms with Crippen LogP contribution in [0.15, 0.2) is 29.3 Å². The normalized spacial score (nSPS) is 19.0. The van der Waals surface area contributed by atoms with Gasteiger partial charge in [0.25, 0.3) is 0 Å². The average Bonchev–Trinajstić information content (AvgIpc) is 2.97. The van der Waals surface area contributed by atoms with Gasteiger partial charge in [-0.2, -0.15) is 0 Å². The van der Waals surface area contributed by atoms with Crippen molar-refractivity contribution in [1.82, 2.24) is 15.5 Å². The Kier molecular flexibility index (Phi) is 10.6. The molecule has 2 rings (SSSR count). The largest absolute Gasteiger partial charge is 0.357 e. The van der Waals surface area contributed by atoms with E-state index in [4.69, 9.17) is 0 Å². The summed E-state index contributed by atoms with van der Waals surface area (Å²) in [5, 5.41) is 6.45. The molecule has 27 heavy (non-hydrogen) atoms. The third kappa shape index (κ3) is 8.35. The van der Waals surface area contributed by atoms with Crippen molar-refractivity contribution in [2.24, 2.45) is 4.99 Å². The Morgan fingerprint density at radius 3 is 2.30 bits per heavy atom. The summed E-state index contributed by atoms with van der Waals surface area (Å²) in [6.07, 6.45) is 0.646. The summed E-state index contributed by atoms with van der Waals surface area (Å²) >= 11 is 0. The van der Waals surface area contributed by atoms with Crippen LogP contribution in [0.1, 0.15) is 38.3 Å². The topological polar surface area (TPSA) is 73.8 Å². The number of halogens is 1. The summed E-state index contributed by atoms with van der Waals surface area (Å²) < 4.78 is 23.2. The molecule has 1 atom stereocenters. The first-order chi connectivity index (χ1) is 12.5. The van der Waals surface area contributed by atoms with Gasteiger partial charge in [-0.15, -0.1) is 24.0 Å². The summed E-state index contributed by atoms with van der Waals surface area (Å²) in [5.74, 6) is 1.14. The number of nitrogens with zero attached hydrogens (tertiary/aromatic N) is 2. The van der Waals surface area contributed by atoms with E-state index in [1.54, 1.807) is 0 Å². The molecule has 154 valence electrons. The lowest BCUT2D eigenvalue weighted by atomic mass is 10.1. The molecule has 1 heterocycles. The smallest absolute Gasteiger partial charge is 0.191 e. The number of hydrogen-bond donors (Lipinski definition) is 2. The minimum absolute atomic E-state index is 0. The molecule has 0 radical (unpaired) electrons. The highest BCUT2D eigenvalue weighted by Gasteiger charge is 2.28. The molecule has 0 aliphatic carbocycles. The van der Waals surface area contributed by atoms with Crippen molar-refractivity contribution in [3.05, 3.63) is 35.4 Å². The first-order valence-electron chi connectivity index (χ1n) is 9.51. The van der Waals surface area contributed by atoms with Gasteiger partial charge in [-0.05, 0) is 37.6 Å². The molecule has 8 heteroatoms. The maximum Gasteiger partial charge on any atom is 0.191 e. The van der Waals surface area contributed by atoms with Crippen molar-refractivity contribution in [2.75, 3.05) is 31.1 Å². The van der Waals surface area contributed by atoms with E-state index >= 15 is 0 Å². The number of benzene rings is 1. The molecule has 0 aromatic heterocycles. The van der Waals surface area contributed by atoms with Gasteiger partial charge in [-0.25, -0.2) is 13.4 Å². The molecule has 1 aliphatic heterocycles. The van der Waals surface area contributed by atoms with Crippen molar-refractivity contribution in [2.45, 2.75) is 46.3 Å². The SMILES string of the molecule is CCNC(=NCc1ccc(CN(CC)CC)cc1)NC1CCS(=O)(=O)C1.I. The fourth-order valence-corrected chi connectivity index (χ4v) is 4.72. The second kappa shape index (κ2) is 11.9. The second-order valence-corrected chi connectivity index (χ2v) is 8.95. The van der Waals surface area contributed by atoms with Crippen LogP contribution in [0.2, 0.25) is 0 Å². The number of sulfone groups is 1. The Hall–Kier alpha value is -0.870. The van der Waals surface area contributed by atoms with Crippen LogP contribution in [-0.4, -0.2) is 56.5 Å². The van der Waals surface area contributed by atoms with Crippen molar-refractivity contribution < 1.29 is 8.42 Å². The van der Waals surface area contributed by atoms with E-state index in [-0.39, 0.29) is 41.5 Å². The summed E-state index contributed by atoms with van der Waals surface area (Å²) in [5.41, 5.74) is 2.45. The maximum atomic E-state index is 11.6. The first-order valence-corrected chi connectivity index (χ1v) is 11.3. The van der Waals surface area contributed by atoms with Crippen LogP contribution in [-0.2, 0) is 22.9 Å². The molecule has 1 fully saturated rings. The number of aliphatic imine (C=N–C) groups is 1. The number of nitrogens with one attached hydrogen (secondary N) is 2. The van der Waals surface area contributed by atoms with Gasteiger partial charge in [-0.3, -0.25) is 4.90 Å². The Labute approximate surface area is 181 Å². The van der Waals surface area contributed by atoms with Gasteiger partial charge in [0.15, 0.2) is 15.8 Å². The van der Waals surface area contributed by atoms with Gasteiger partial charge in [0, 0.05) is 19.1 Å². The lowest BCUT2D eigenvalue weighted by Gasteiger charge is -2.18. The predicted molar refractivity (Wildman–Crippen MR) is 123 cm³/mol. The third-order valence-electron chi connectivity index (χ3n) is 4.66.